The van der Waals surface area contributed by atoms with Crippen molar-refractivity contribution in [1.82, 2.24) is 19.5 Å². The summed E-state index contributed by atoms with van der Waals surface area (Å²) in [5.74, 6) is 0.557. The SMILES string of the molecule is Nc1ncnc2c1ncn2C1CC(COP(=O)(O)OP(=O)(O)OP(=O)(O)O)C2CC21. The zero-order chi connectivity index (χ0) is 21.9. The minimum Gasteiger partial charge on any atom is -0.382 e. The molecule has 6 atom stereocenters. The van der Waals surface area contributed by atoms with Crippen LogP contribution in [0.3, 0.4) is 0 Å². The van der Waals surface area contributed by atoms with Crippen molar-refractivity contribution in [1.29, 1.82) is 0 Å². The summed E-state index contributed by atoms with van der Waals surface area (Å²) < 4.78 is 48.1. The quantitative estimate of drug-likeness (QED) is 0.328. The van der Waals surface area contributed by atoms with E-state index in [4.69, 9.17) is 20.0 Å². The van der Waals surface area contributed by atoms with Gasteiger partial charge in [0.25, 0.3) is 0 Å². The average molecular weight is 485 g/mol. The molecule has 2 aliphatic rings. The Morgan fingerprint density at radius 1 is 1.03 bits per heavy atom. The topological polar surface area (TPSA) is 229 Å². The summed E-state index contributed by atoms with van der Waals surface area (Å²) in [5, 5.41) is 0. The molecule has 166 valence electrons. The minimum atomic E-state index is -5.53. The lowest BCUT2D eigenvalue weighted by molar-refractivity contribution is 0.147. The highest BCUT2D eigenvalue weighted by molar-refractivity contribution is 7.66. The summed E-state index contributed by atoms with van der Waals surface area (Å²) in [4.78, 5) is 48.3. The molecule has 4 rings (SSSR count). The highest BCUT2D eigenvalue weighted by Gasteiger charge is 2.55. The third kappa shape index (κ3) is 4.66. The number of phosphoric acid groups is 3. The molecule has 2 saturated carbocycles. The van der Waals surface area contributed by atoms with Crippen molar-refractivity contribution in [2.75, 3.05) is 12.3 Å². The van der Waals surface area contributed by atoms with Crippen LogP contribution in [0.2, 0.25) is 0 Å². The number of rotatable bonds is 8. The number of phosphoric ester groups is 1. The molecular weight excluding hydrogens is 467 g/mol. The van der Waals surface area contributed by atoms with E-state index in [1.807, 2.05) is 4.57 Å². The molecule has 0 aromatic carbocycles. The second-order valence-electron chi connectivity index (χ2n) is 7.10. The van der Waals surface area contributed by atoms with E-state index in [-0.39, 0.29) is 36.2 Å². The smallest absolute Gasteiger partial charge is 0.382 e. The molecule has 15 nitrogen and oxygen atoms in total. The molecule has 0 aliphatic heterocycles. The maximum absolute atomic E-state index is 11.9. The number of nitrogens with two attached hydrogens (primary N) is 1. The maximum atomic E-state index is 11.9. The largest absolute Gasteiger partial charge is 0.490 e. The molecule has 2 aromatic rings. The van der Waals surface area contributed by atoms with Gasteiger partial charge >= 0.3 is 23.5 Å². The van der Waals surface area contributed by atoms with Crippen LogP contribution in [0, 0.1) is 17.8 Å². The molecule has 0 amide bonds. The van der Waals surface area contributed by atoms with E-state index in [2.05, 4.69) is 23.6 Å². The van der Waals surface area contributed by atoms with Crippen LogP contribution in [0.25, 0.3) is 11.2 Å². The van der Waals surface area contributed by atoms with Crippen molar-refractivity contribution in [2.45, 2.75) is 18.9 Å². The van der Waals surface area contributed by atoms with Crippen LogP contribution in [0.1, 0.15) is 18.9 Å². The molecule has 0 saturated heterocycles. The molecule has 18 heteroatoms. The van der Waals surface area contributed by atoms with Gasteiger partial charge in [-0.15, -0.1) is 0 Å². The molecular formula is C12H18N5O10P3. The second kappa shape index (κ2) is 7.42. The van der Waals surface area contributed by atoms with Gasteiger partial charge in [0, 0.05) is 6.04 Å². The number of anilines is 1. The predicted octanol–water partition coefficient (Wildman–Crippen LogP) is 0.949. The minimum absolute atomic E-state index is 0.00354. The number of hydrogen-bond acceptors (Lipinski definition) is 10. The van der Waals surface area contributed by atoms with E-state index in [9.17, 15) is 23.5 Å². The van der Waals surface area contributed by atoms with E-state index in [1.165, 1.54) is 6.33 Å². The molecule has 0 bridgehead atoms. The fourth-order valence-electron chi connectivity index (χ4n) is 4.00. The van der Waals surface area contributed by atoms with Gasteiger partial charge in [0.05, 0.1) is 12.9 Å². The standard InChI is InChI=1S/C12H18N5O10P3/c13-11-10-12(15-4-14-11)17(5-16-10)9-1-6(7-2-8(7)9)3-25-29(21,22)27-30(23,24)26-28(18,19)20/h4-9H,1-3H2,(H,21,22)(H,23,24)(H2,13,14,15)(H2,18,19,20). The summed E-state index contributed by atoms with van der Waals surface area (Å²) >= 11 is 0. The van der Waals surface area contributed by atoms with Gasteiger partial charge in [-0.05, 0) is 30.6 Å². The van der Waals surface area contributed by atoms with Crippen LogP contribution < -0.4 is 5.73 Å². The van der Waals surface area contributed by atoms with Gasteiger partial charge in [0.2, 0.25) is 0 Å². The van der Waals surface area contributed by atoms with Crippen LogP contribution >= 0.6 is 23.5 Å². The summed E-state index contributed by atoms with van der Waals surface area (Å²) in [5.41, 5.74) is 6.86. The number of imidazole rings is 1. The van der Waals surface area contributed by atoms with E-state index in [0.29, 0.717) is 17.6 Å². The summed E-state index contributed by atoms with van der Waals surface area (Å²) in [6.07, 6.45) is 4.35. The zero-order valence-electron chi connectivity index (χ0n) is 15.0. The first kappa shape index (κ1) is 22.0. The van der Waals surface area contributed by atoms with Crippen molar-refractivity contribution in [3.8, 4) is 0 Å². The summed E-state index contributed by atoms with van der Waals surface area (Å²) in [6, 6.07) is 0.00354. The molecule has 6 unspecified atom stereocenters. The van der Waals surface area contributed by atoms with E-state index in [1.54, 1.807) is 6.33 Å². The van der Waals surface area contributed by atoms with Crippen LogP contribution in [0.5, 0.6) is 0 Å². The monoisotopic (exact) mass is 485 g/mol. The number of hydrogen-bond donors (Lipinski definition) is 5. The molecule has 30 heavy (non-hydrogen) atoms. The summed E-state index contributed by atoms with van der Waals surface area (Å²) in [7, 11) is -16.1. The third-order valence-corrected chi connectivity index (χ3v) is 8.95. The Kier molecular flexibility index (Phi) is 5.43. The van der Waals surface area contributed by atoms with Crippen molar-refractivity contribution < 1.29 is 46.4 Å². The molecule has 2 aromatic heterocycles. The Bertz CT molecular complexity index is 1120. The maximum Gasteiger partial charge on any atom is 0.490 e. The lowest BCUT2D eigenvalue weighted by Gasteiger charge is -2.20. The first-order valence-electron chi connectivity index (χ1n) is 8.56. The normalized spacial score (nSPS) is 30.0. The second-order valence-corrected chi connectivity index (χ2v) is 11.5. The fourth-order valence-corrected chi connectivity index (χ4v) is 7.07. The molecule has 6 N–H and O–H groups in total. The van der Waals surface area contributed by atoms with Crippen LogP contribution in [-0.4, -0.2) is 45.7 Å². The third-order valence-electron chi connectivity index (χ3n) is 5.15. The van der Waals surface area contributed by atoms with Gasteiger partial charge in [0.15, 0.2) is 11.5 Å². The first-order valence-corrected chi connectivity index (χ1v) is 13.1. The van der Waals surface area contributed by atoms with Crippen molar-refractivity contribution in [2.24, 2.45) is 17.8 Å². The Morgan fingerprint density at radius 2 is 1.77 bits per heavy atom. The zero-order valence-corrected chi connectivity index (χ0v) is 17.7. The lowest BCUT2D eigenvalue weighted by Crippen LogP contribution is -2.13. The van der Waals surface area contributed by atoms with Gasteiger partial charge < -0.3 is 29.9 Å². The van der Waals surface area contributed by atoms with Crippen LogP contribution in [0.4, 0.5) is 5.82 Å². The van der Waals surface area contributed by atoms with Gasteiger partial charge in [-0.1, -0.05) is 0 Å². The van der Waals surface area contributed by atoms with Crippen molar-refractivity contribution in [3.63, 3.8) is 0 Å². The molecule has 2 heterocycles. The van der Waals surface area contributed by atoms with Gasteiger partial charge in [-0.2, -0.15) is 8.62 Å². The average Bonchev–Trinajstić information content (AvgIpc) is 3.10. The van der Waals surface area contributed by atoms with Crippen LogP contribution in [0.15, 0.2) is 12.7 Å². The predicted molar refractivity (Wildman–Crippen MR) is 98.3 cm³/mol. The Morgan fingerprint density at radius 3 is 2.47 bits per heavy atom. The number of fused-ring (bicyclic) bond motifs is 2. The lowest BCUT2D eigenvalue weighted by atomic mass is 10.0. The Labute approximate surface area is 168 Å². The van der Waals surface area contributed by atoms with Gasteiger partial charge in [-0.3, -0.25) is 4.52 Å². The Hall–Kier alpha value is -1.24. The molecule has 2 fully saturated rings. The Balaban J connectivity index is 1.40. The number of nitrogen functional groups attached to an aromatic ring is 1. The van der Waals surface area contributed by atoms with E-state index >= 15 is 0 Å². The van der Waals surface area contributed by atoms with Gasteiger partial charge in [0.1, 0.15) is 11.8 Å². The van der Waals surface area contributed by atoms with E-state index < -0.39 is 23.5 Å². The van der Waals surface area contributed by atoms with Crippen molar-refractivity contribution >= 4 is 40.4 Å². The number of aromatic nitrogens is 4. The first-order chi connectivity index (χ1) is 13.9. The van der Waals surface area contributed by atoms with Gasteiger partial charge in [-0.25, -0.2) is 28.6 Å². The fraction of sp³-hybridized carbons (Fsp3) is 0.583. The van der Waals surface area contributed by atoms with Crippen molar-refractivity contribution in [3.05, 3.63) is 12.7 Å². The number of nitrogens with zero attached hydrogens (tertiary/aromatic N) is 4. The highest BCUT2D eigenvalue weighted by Crippen LogP contribution is 2.67. The molecule has 0 spiro atoms. The molecule has 2 aliphatic carbocycles. The van der Waals surface area contributed by atoms with E-state index in [0.717, 1.165) is 6.42 Å². The highest BCUT2D eigenvalue weighted by atomic mass is 31.3. The molecule has 0 radical (unpaired) electrons. The van der Waals surface area contributed by atoms with Crippen LogP contribution in [-0.2, 0) is 26.8 Å². The summed E-state index contributed by atoms with van der Waals surface area (Å²) in [6.45, 7) is -0.273.